The summed E-state index contributed by atoms with van der Waals surface area (Å²) in [6.07, 6.45) is 0.457. The Hall–Kier alpha value is -1.46. The number of carbonyl (C=O) groups excluding carboxylic acids is 1. The minimum Gasteiger partial charge on any atom is -0.385 e. The second-order valence-corrected chi connectivity index (χ2v) is 4.17. The van der Waals surface area contributed by atoms with Gasteiger partial charge >= 0.3 is 0 Å². The van der Waals surface area contributed by atoms with Crippen LogP contribution in [-0.4, -0.2) is 25.7 Å². The molecule has 0 fully saturated rings. The minimum atomic E-state index is -0.610. The number of rotatable bonds is 6. The topological polar surface area (TPSA) is 64.3 Å². The van der Waals surface area contributed by atoms with Crippen LogP contribution in [0.3, 0.4) is 0 Å². The van der Waals surface area contributed by atoms with Crippen LogP contribution in [0.2, 0.25) is 0 Å². The van der Waals surface area contributed by atoms with Gasteiger partial charge in [0.05, 0.1) is 12.1 Å². The largest absolute Gasteiger partial charge is 0.385 e. The van der Waals surface area contributed by atoms with E-state index < -0.39 is 6.04 Å². The van der Waals surface area contributed by atoms with Crippen LogP contribution in [0.25, 0.3) is 0 Å². The molecule has 0 aliphatic rings. The highest BCUT2D eigenvalue weighted by Gasteiger charge is 2.16. The number of methoxy groups -OCH3 is 1. The second-order valence-electron chi connectivity index (χ2n) is 4.17. The molecule has 3 N–H and O–H groups in total. The molecule has 1 aromatic rings. The van der Waals surface area contributed by atoms with Gasteiger partial charge in [0.25, 0.3) is 0 Å². The lowest BCUT2D eigenvalue weighted by Crippen LogP contribution is -2.42. The monoisotopic (exact) mass is 254 g/mol. The van der Waals surface area contributed by atoms with Gasteiger partial charge in [-0.1, -0.05) is 12.1 Å². The number of amides is 1. The van der Waals surface area contributed by atoms with Gasteiger partial charge in [0.1, 0.15) is 5.82 Å². The lowest BCUT2D eigenvalue weighted by atomic mass is 10.1. The highest BCUT2D eigenvalue weighted by Crippen LogP contribution is 2.13. The number of benzene rings is 1. The van der Waals surface area contributed by atoms with Gasteiger partial charge in [-0.3, -0.25) is 4.79 Å². The molecule has 0 aliphatic carbocycles. The van der Waals surface area contributed by atoms with E-state index in [-0.39, 0.29) is 17.8 Å². The Kier molecular flexibility index (Phi) is 5.74. The molecule has 0 saturated heterocycles. The molecule has 0 bridgehead atoms. The summed E-state index contributed by atoms with van der Waals surface area (Å²) < 4.78 is 17.9. The smallest absolute Gasteiger partial charge is 0.237 e. The maximum atomic E-state index is 13.0. The van der Waals surface area contributed by atoms with E-state index in [9.17, 15) is 9.18 Å². The van der Waals surface area contributed by atoms with Crippen LogP contribution in [-0.2, 0) is 9.53 Å². The number of hydrogen-bond acceptors (Lipinski definition) is 3. The van der Waals surface area contributed by atoms with E-state index >= 15 is 0 Å². The van der Waals surface area contributed by atoms with Gasteiger partial charge < -0.3 is 15.8 Å². The van der Waals surface area contributed by atoms with Gasteiger partial charge in [0.15, 0.2) is 0 Å². The third-order valence-corrected chi connectivity index (χ3v) is 2.68. The Morgan fingerprint density at radius 3 is 2.89 bits per heavy atom. The van der Waals surface area contributed by atoms with E-state index in [2.05, 4.69) is 5.32 Å². The number of nitrogens with two attached hydrogens (primary N) is 1. The molecule has 1 rings (SSSR count). The lowest BCUT2D eigenvalue weighted by Gasteiger charge is -2.17. The molecule has 100 valence electrons. The van der Waals surface area contributed by atoms with Gasteiger partial charge in [0, 0.05) is 13.7 Å². The van der Waals surface area contributed by atoms with E-state index in [0.717, 1.165) is 0 Å². The first kappa shape index (κ1) is 14.6. The predicted octanol–water partition coefficient (Wildman–Crippen LogP) is 1.37. The summed E-state index contributed by atoms with van der Waals surface area (Å²) in [5, 5.41) is 2.75. The normalized spacial score (nSPS) is 14.0. The molecular formula is C13H19FN2O2. The number of nitrogens with one attached hydrogen (secondary N) is 1. The van der Waals surface area contributed by atoms with Crippen LogP contribution in [0.1, 0.15) is 24.9 Å². The van der Waals surface area contributed by atoms with E-state index in [0.29, 0.717) is 18.6 Å². The van der Waals surface area contributed by atoms with Gasteiger partial charge in [-0.25, -0.2) is 4.39 Å². The number of carbonyl (C=O) groups is 1. The molecule has 0 aromatic heterocycles. The molecule has 0 spiro atoms. The Labute approximate surface area is 106 Å². The van der Waals surface area contributed by atoms with Gasteiger partial charge in [-0.05, 0) is 31.0 Å². The molecule has 2 atom stereocenters. The molecule has 18 heavy (non-hydrogen) atoms. The zero-order chi connectivity index (χ0) is 13.5. The van der Waals surface area contributed by atoms with Crippen molar-refractivity contribution in [3.05, 3.63) is 35.6 Å². The average molecular weight is 254 g/mol. The summed E-state index contributed by atoms with van der Waals surface area (Å²) >= 11 is 0. The molecule has 1 aromatic carbocycles. The fourth-order valence-corrected chi connectivity index (χ4v) is 1.56. The number of hydrogen-bond donors (Lipinski definition) is 2. The highest BCUT2D eigenvalue weighted by atomic mass is 19.1. The Bertz CT molecular complexity index is 398. The third-order valence-electron chi connectivity index (χ3n) is 2.68. The van der Waals surface area contributed by atoms with E-state index in [1.807, 2.05) is 0 Å². The first-order valence-electron chi connectivity index (χ1n) is 5.85. The molecule has 0 aliphatic heterocycles. The zero-order valence-corrected chi connectivity index (χ0v) is 10.7. The van der Waals surface area contributed by atoms with Crippen molar-refractivity contribution in [2.24, 2.45) is 5.73 Å². The van der Waals surface area contributed by atoms with Crippen LogP contribution >= 0.6 is 0 Å². The maximum Gasteiger partial charge on any atom is 0.237 e. The van der Waals surface area contributed by atoms with Crippen LogP contribution in [0.15, 0.2) is 24.3 Å². The SMILES string of the molecule is COCCC(N)C(=O)N[C@@H](C)c1cccc(F)c1. The Balaban J connectivity index is 2.54. The van der Waals surface area contributed by atoms with Crippen LogP contribution in [0.5, 0.6) is 0 Å². The lowest BCUT2D eigenvalue weighted by molar-refractivity contribution is -0.123. The predicted molar refractivity (Wildman–Crippen MR) is 67.4 cm³/mol. The first-order valence-corrected chi connectivity index (χ1v) is 5.85. The van der Waals surface area contributed by atoms with Crippen LogP contribution in [0, 0.1) is 5.82 Å². The van der Waals surface area contributed by atoms with Crippen molar-refractivity contribution in [3.8, 4) is 0 Å². The first-order chi connectivity index (χ1) is 8.54. The number of ether oxygens (including phenoxy) is 1. The summed E-state index contributed by atoms with van der Waals surface area (Å²) in [7, 11) is 1.56. The molecule has 1 amide bonds. The second kappa shape index (κ2) is 7.08. The highest BCUT2D eigenvalue weighted by molar-refractivity contribution is 5.81. The average Bonchev–Trinajstić information content (AvgIpc) is 2.35. The molecule has 0 radical (unpaired) electrons. The fourth-order valence-electron chi connectivity index (χ4n) is 1.56. The molecular weight excluding hydrogens is 235 g/mol. The van der Waals surface area contributed by atoms with Gasteiger partial charge in [-0.2, -0.15) is 0 Å². The van der Waals surface area contributed by atoms with Gasteiger partial charge in [0.2, 0.25) is 5.91 Å². The molecule has 4 nitrogen and oxygen atoms in total. The summed E-state index contributed by atoms with van der Waals surface area (Å²) in [4.78, 5) is 11.7. The van der Waals surface area contributed by atoms with Crippen LogP contribution < -0.4 is 11.1 Å². The fraction of sp³-hybridized carbons (Fsp3) is 0.462. The zero-order valence-electron chi connectivity index (χ0n) is 10.7. The van der Waals surface area contributed by atoms with E-state index in [4.69, 9.17) is 10.5 Å². The van der Waals surface area contributed by atoms with E-state index in [1.165, 1.54) is 12.1 Å². The van der Waals surface area contributed by atoms with Crippen molar-refractivity contribution in [2.75, 3.05) is 13.7 Å². The molecule has 0 heterocycles. The van der Waals surface area contributed by atoms with Crippen molar-refractivity contribution in [1.29, 1.82) is 0 Å². The summed E-state index contributed by atoms with van der Waals surface area (Å²) in [5.74, 6) is -0.582. The quantitative estimate of drug-likeness (QED) is 0.805. The molecule has 0 saturated carbocycles. The van der Waals surface area contributed by atoms with Crippen molar-refractivity contribution in [1.82, 2.24) is 5.32 Å². The number of halogens is 1. The molecule has 1 unspecified atom stereocenters. The van der Waals surface area contributed by atoms with E-state index in [1.54, 1.807) is 26.2 Å². The van der Waals surface area contributed by atoms with Crippen LogP contribution in [0.4, 0.5) is 4.39 Å². The summed E-state index contributed by atoms with van der Waals surface area (Å²) in [6.45, 7) is 2.22. The summed E-state index contributed by atoms with van der Waals surface area (Å²) in [6, 6.07) is 5.24. The maximum absolute atomic E-state index is 13.0. The Morgan fingerprint density at radius 2 is 2.28 bits per heavy atom. The standard InChI is InChI=1S/C13H19FN2O2/c1-9(10-4-3-5-11(14)8-10)16-13(17)12(15)6-7-18-2/h3-5,8-9,12H,6-7,15H2,1-2H3,(H,16,17)/t9-,12?/m0/s1. The Morgan fingerprint density at radius 1 is 1.56 bits per heavy atom. The van der Waals surface area contributed by atoms with Crippen molar-refractivity contribution >= 4 is 5.91 Å². The molecule has 5 heteroatoms. The van der Waals surface area contributed by atoms with Crippen molar-refractivity contribution < 1.29 is 13.9 Å². The third kappa shape index (κ3) is 4.43. The van der Waals surface area contributed by atoms with Crippen molar-refractivity contribution in [2.45, 2.75) is 25.4 Å². The van der Waals surface area contributed by atoms with Crippen molar-refractivity contribution in [3.63, 3.8) is 0 Å². The summed E-state index contributed by atoms with van der Waals surface area (Å²) in [5.41, 5.74) is 6.40. The minimum absolute atomic E-state index is 0.260. The van der Waals surface area contributed by atoms with Gasteiger partial charge in [-0.15, -0.1) is 0 Å².